The molecule has 0 fully saturated rings. The molecule has 0 radical (unpaired) electrons. The van der Waals surface area contributed by atoms with E-state index in [-0.39, 0.29) is 5.82 Å². The van der Waals surface area contributed by atoms with E-state index in [0.717, 1.165) is 0 Å². The molecule has 0 saturated heterocycles. The Morgan fingerprint density at radius 2 is 1.71 bits per heavy atom. The summed E-state index contributed by atoms with van der Waals surface area (Å²) in [5, 5.41) is 3.28. The zero-order valence-electron chi connectivity index (χ0n) is 11.1. The van der Waals surface area contributed by atoms with Gasteiger partial charge >= 0.3 is 0 Å². The molecule has 0 spiro atoms. The van der Waals surface area contributed by atoms with E-state index in [2.05, 4.69) is 5.32 Å². The average Bonchev–Trinajstić information content (AvgIpc) is 2.45. The SMILES string of the molecule is C[C@H](Oc1ccc(F)cc1)C(=O)Nc1c(Cl)cccc1Cl. The molecule has 0 bridgehead atoms. The third kappa shape index (κ3) is 4.09. The summed E-state index contributed by atoms with van der Waals surface area (Å²) in [6, 6.07) is 10.3. The fraction of sp³-hybridized carbons (Fsp3) is 0.133. The molecule has 6 heteroatoms. The summed E-state index contributed by atoms with van der Waals surface area (Å²) in [5.74, 6) is -0.388. The van der Waals surface area contributed by atoms with Gasteiger partial charge < -0.3 is 10.1 Å². The van der Waals surface area contributed by atoms with Crippen molar-refractivity contribution in [3.63, 3.8) is 0 Å². The number of amides is 1. The summed E-state index contributed by atoms with van der Waals surface area (Å²) in [6.45, 7) is 1.57. The molecule has 0 aliphatic heterocycles. The van der Waals surface area contributed by atoms with Gasteiger partial charge in [0.05, 0.1) is 15.7 Å². The Hall–Kier alpha value is -1.78. The van der Waals surface area contributed by atoms with Gasteiger partial charge in [0.2, 0.25) is 0 Å². The molecule has 1 amide bonds. The third-order valence-corrected chi connectivity index (χ3v) is 3.34. The van der Waals surface area contributed by atoms with Gasteiger partial charge in [0.15, 0.2) is 6.10 Å². The number of hydrogen-bond acceptors (Lipinski definition) is 2. The summed E-state index contributed by atoms with van der Waals surface area (Å²) < 4.78 is 18.2. The number of anilines is 1. The molecular formula is C15H12Cl2FNO2. The second kappa shape index (κ2) is 6.78. The Bertz CT molecular complexity index is 626. The number of benzene rings is 2. The topological polar surface area (TPSA) is 38.3 Å². The van der Waals surface area contributed by atoms with Crippen molar-refractivity contribution in [3.8, 4) is 5.75 Å². The fourth-order valence-corrected chi connectivity index (χ4v) is 2.10. The average molecular weight is 328 g/mol. The molecule has 2 rings (SSSR count). The summed E-state index contributed by atoms with van der Waals surface area (Å²) in [7, 11) is 0. The second-order valence-corrected chi connectivity index (χ2v) is 5.11. The maximum atomic E-state index is 12.8. The van der Waals surface area contributed by atoms with Crippen LogP contribution in [-0.2, 0) is 4.79 Å². The zero-order chi connectivity index (χ0) is 15.4. The number of carbonyl (C=O) groups is 1. The Morgan fingerprint density at radius 1 is 1.14 bits per heavy atom. The molecule has 1 N–H and O–H groups in total. The van der Waals surface area contributed by atoms with Crippen molar-refractivity contribution in [2.24, 2.45) is 0 Å². The highest BCUT2D eigenvalue weighted by Gasteiger charge is 2.17. The van der Waals surface area contributed by atoms with Crippen molar-refractivity contribution in [1.29, 1.82) is 0 Å². The van der Waals surface area contributed by atoms with Crippen molar-refractivity contribution >= 4 is 34.8 Å². The van der Waals surface area contributed by atoms with E-state index < -0.39 is 12.0 Å². The monoisotopic (exact) mass is 327 g/mol. The molecule has 0 unspecified atom stereocenters. The molecule has 0 aromatic heterocycles. The van der Waals surface area contributed by atoms with Crippen molar-refractivity contribution in [2.45, 2.75) is 13.0 Å². The largest absolute Gasteiger partial charge is 0.481 e. The van der Waals surface area contributed by atoms with E-state index in [9.17, 15) is 9.18 Å². The van der Waals surface area contributed by atoms with Gasteiger partial charge in [-0.25, -0.2) is 4.39 Å². The van der Waals surface area contributed by atoms with E-state index in [0.29, 0.717) is 21.5 Å². The van der Waals surface area contributed by atoms with Gasteiger partial charge in [0.1, 0.15) is 11.6 Å². The van der Waals surface area contributed by atoms with Crippen LogP contribution in [0, 0.1) is 5.82 Å². The predicted octanol–water partition coefficient (Wildman–Crippen LogP) is 4.54. The van der Waals surface area contributed by atoms with Crippen LogP contribution in [0.2, 0.25) is 10.0 Å². The lowest BCUT2D eigenvalue weighted by molar-refractivity contribution is -0.122. The van der Waals surface area contributed by atoms with E-state index in [1.807, 2.05) is 0 Å². The van der Waals surface area contributed by atoms with Crippen LogP contribution in [0.25, 0.3) is 0 Å². The minimum atomic E-state index is -0.789. The first kappa shape index (κ1) is 15.6. The van der Waals surface area contributed by atoms with Crippen molar-refractivity contribution in [2.75, 3.05) is 5.32 Å². The molecule has 0 aliphatic rings. The van der Waals surface area contributed by atoms with E-state index >= 15 is 0 Å². The number of halogens is 3. The summed E-state index contributed by atoms with van der Waals surface area (Å²) >= 11 is 11.9. The molecule has 21 heavy (non-hydrogen) atoms. The van der Waals surface area contributed by atoms with Crippen molar-refractivity contribution in [1.82, 2.24) is 0 Å². The Kier molecular flexibility index (Phi) is 5.04. The summed E-state index contributed by atoms with van der Waals surface area (Å²) in [6.07, 6.45) is -0.789. The van der Waals surface area contributed by atoms with Crippen LogP contribution in [0.15, 0.2) is 42.5 Å². The van der Waals surface area contributed by atoms with Crippen LogP contribution in [0.1, 0.15) is 6.92 Å². The van der Waals surface area contributed by atoms with Crippen LogP contribution in [0.4, 0.5) is 10.1 Å². The van der Waals surface area contributed by atoms with E-state index in [1.54, 1.807) is 25.1 Å². The lowest BCUT2D eigenvalue weighted by Gasteiger charge is -2.16. The number of carbonyl (C=O) groups excluding carboxylic acids is 1. The van der Waals surface area contributed by atoms with E-state index in [1.165, 1.54) is 24.3 Å². The molecule has 2 aromatic carbocycles. The standard InChI is InChI=1S/C15H12Cl2FNO2/c1-9(21-11-7-5-10(18)6-8-11)15(20)19-14-12(16)3-2-4-13(14)17/h2-9H,1H3,(H,19,20)/t9-/m0/s1. The molecule has 2 aromatic rings. The summed E-state index contributed by atoms with van der Waals surface area (Å²) in [4.78, 5) is 12.1. The Balaban J connectivity index is 2.04. The first-order valence-corrected chi connectivity index (χ1v) is 6.90. The third-order valence-electron chi connectivity index (χ3n) is 2.71. The highest BCUT2D eigenvalue weighted by atomic mass is 35.5. The highest BCUT2D eigenvalue weighted by Crippen LogP contribution is 2.30. The number of para-hydroxylation sites is 1. The van der Waals surface area contributed by atoms with Gasteiger partial charge in [-0.1, -0.05) is 29.3 Å². The van der Waals surface area contributed by atoms with E-state index in [4.69, 9.17) is 27.9 Å². The normalized spacial score (nSPS) is 11.8. The Labute approximate surface area is 131 Å². The van der Waals surface area contributed by atoms with Crippen LogP contribution in [0.3, 0.4) is 0 Å². The summed E-state index contributed by atoms with van der Waals surface area (Å²) in [5.41, 5.74) is 0.334. The molecule has 0 aliphatic carbocycles. The van der Waals surface area contributed by atoms with Crippen LogP contribution in [-0.4, -0.2) is 12.0 Å². The molecule has 1 atom stereocenters. The lowest BCUT2D eigenvalue weighted by atomic mass is 10.3. The molecular weight excluding hydrogens is 316 g/mol. The quantitative estimate of drug-likeness (QED) is 0.895. The Morgan fingerprint density at radius 3 is 2.29 bits per heavy atom. The predicted molar refractivity (Wildman–Crippen MR) is 81.6 cm³/mol. The smallest absolute Gasteiger partial charge is 0.265 e. The zero-order valence-corrected chi connectivity index (χ0v) is 12.6. The lowest BCUT2D eigenvalue weighted by Crippen LogP contribution is -2.30. The second-order valence-electron chi connectivity index (χ2n) is 4.30. The van der Waals surface area contributed by atoms with Crippen molar-refractivity contribution < 1.29 is 13.9 Å². The number of hydrogen-bond donors (Lipinski definition) is 1. The van der Waals surface area contributed by atoms with Crippen LogP contribution < -0.4 is 10.1 Å². The number of nitrogens with one attached hydrogen (secondary N) is 1. The van der Waals surface area contributed by atoms with Crippen LogP contribution >= 0.6 is 23.2 Å². The number of ether oxygens (including phenoxy) is 1. The maximum Gasteiger partial charge on any atom is 0.265 e. The van der Waals surface area contributed by atoms with Gasteiger partial charge in [-0.2, -0.15) is 0 Å². The maximum absolute atomic E-state index is 12.8. The molecule has 3 nitrogen and oxygen atoms in total. The van der Waals surface area contributed by atoms with Crippen LogP contribution in [0.5, 0.6) is 5.75 Å². The molecule has 0 heterocycles. The van der Waals surface area contributed by atoms with Crippen molar-refractivity contribution in [3.05, 3.63) is 58.3 Å². The van der Waals surface area contributed by atoms with Gasteiger partial charge in [0.25, 0.3) is 5.91 Å². The minimum Gasteiger partial charge on any atom is -0.481 e. The van der Waals surface area contributed by atoms with Gasteiger partial charge in [0, 0.05) is 0 Å². The number of rotatable bonds is 4. The van der Waals surface area contributed by atoms with Gasteiger partial charge in [-0.15, -0.1) is 0 Å². The highest BCUT2D eigenvalue weighted by molar-refractivity contribution is 6.39. The fourth-order valence-electron chi connectivity index (χ4n) is 1.61. The molecule has 0 saturated carbocycles. The first-order valence-electron chi connectivity index (χ1n) is 6.14. The van der Waals surface area contributed by atoms with Gasteiger partial charge in [-0.3, -0.25) is 4.79 Å². The minimum absolute atomic E-state index is 0.334. The first-order chi connectivity index (χ1) is 9.97. The molecule has 110 valence electrons. The van der Waals surface area contributed by atoms with Gasteiger partial charge in [-0.05, 0) is 43.3 Å².